The van der Waals surface area contributed by atoms with Crippen molar-refractivity contribution >= 4 is 38.9 Å². The van der Waals surface area contributed by atoms with Gasteiger partial charge in [0, 0.05) is 22.1 Å². The summed E-state index contributed by atoms with van der Waals surface area (Å²) in [5.41, 5.74) is 2.38. The smallest absolute Gasteiger partial charge is 0.292 e. The van der Waals surface area contributed by atoms with Crippen molar-refractivity contribution in [3.8, 4) is 0 Å². The number of hydrogen-bond acceptors (Lipinski definition) is 3. The van der Waals surface area contributed by atoms with Crippen molar-refractivity contribution in [2.45, 2.75) is 13.5 Å². The van der Waals surface area contributed by atoms with Crippen LogP contribution in [0.2, 0.25) is 5.02 Å². The monoisotopic (exact) mass is 354 g/mol. The minimum absolute atomic E-state index is 0.0571. The van der Waals surface area contributed by atoms with Gasteiger partial charge in [-0.25, -0.2) is 0 Å². The van der Waals surface area contributed by atoms with Gasteiger partial charge in [0.2, 0.25) is 0 Å². The molecule has 0 fully saturated rings. The van der Waals surface area contributed by atoms with Crippen LogP contribution in [0.25, 0.3) is 0 Å². The zero-order valence-electron chi connectivity index (χ0n) is 10.7. The topological polar surface area (TPSA) is 55.2 Å². The number of aryl methyl sites for hydroxylation is 1. The number of benzene rings is 2. The Morgan fingerprint density at radius 3 is 2.75 bits per heavy atom. The van der Waals surface area contributed by atoms with Gasteiger partial charge in [-0.15, -0.1) is 0 Å². The molecule has 4 nitrogen and oxygen atoms in total. The Kier molecular flexibility index (Phi) is 4.62. The highest BCUT2D eigenvalue weighted by Gasteiger charge is 2.13. The number of nitro benzene ring substituents is 1. The summed E-state index contributed by atoms with van der Waals surface area (Å²) in [4.78, 5) is 10.6. The standard InChI is InChI=1S/C14H12BrClN2O2/c1-9-2-5-14(18(19)20)13(6-9)17-8-10-7-11(15)3-4-12(10)16/h2-7,17H,8H2,1H3. The van der Waals surface area contributed by atoms with Crippen LogP contribution in [-0.4, -0.2) is 4.92 Å². The Morgan fingerprint density at radius 2 is 2.05 bits per heavy atom. The second kappa shape index (κ2) is 6.24. The highest BCUT2D eigenvalue weighted by molar-refractivity contribution is 9.10. The summed E-state index contributed by atoms with van der Waals surface area (Å²) in [6, 6.07) is 10.5. The van der Waals surface area contributed by atoms with Gasteiger partial charge in [-0.05, 0) is 42.3 Å². The fraction of sp³-hybridized carbons (Fsp3) is 0.143. The number of anilines is 1. The van der Waals surface area contributed by atoms with E-state index in [4.69, 9.17) is 11.6 Å². The van der Waals surface area contributed by atoms with Crippen molar-refractivity contribution in [3.63, 3.8) is 0 Å². The first-order valence-electron chi connectivity index (χ1n) is 5.90. The highest BCUT2D eigenvalue weighted by Crippen LogP contribution is 2.27. The quantitative estimate of drug-likeness (QED) is 0.625. The third-order valence-corrected chi connectivity index (χ3v) is 3.69. The van der Waals surface area contributed by atoms with Crippen LogP contribution in [-0.2, 0) is 6.54 Å². The maximum Gasteiger partial charge on any atom is 0.292 e. The highest BCUT2D eigenvalue weighted by atomic mass is 79.9. The molecule has 0 saturated carbocycles. The molecule has 0 aliphatic carbocycles. The number of halogens is 2. The second-order valence-electron chi connectivity index (χ2n) is 4.37. The lowest BCUT2D eigenvalue weighted by Gasteiger charge is -2.10. The first kappa shape index (κ1) is 14.8. The molecule has 0 aromatic heterocycles. The third kappa shape index (κ3) is 3.49. The molecule has 0 spiro atoms. The molecule has 0 aliphatic heterocycles. The van der Waals surface area contributed by atoms with Crippen LogP contribution in [0, 0.1) is 17.0 Å². The minimum atomic E-state index is -0.399. The van der Waals surface area contributed by atoms with Crippen molar-refractivity contribution < 1.29 is 4.92 Å². The molecule has 2 aromatic carbocycles. The molecule has 6 heteroatoms. The summed E-state index contributed by atoms with van der Waals surface area (Å²) in [7, 11) is 0. The van der Waals surface area contributed by atoms with Gasteiger partial charge < -0.3 is 5.32 Å². The minimum Gasteiger partial charge on any atom is -0.375 e. The van der Waals surface area contributed by atoms with E-state index in [-0.39, 0.29) is 5.69 Å². The molecular weight excluding hydrogens is 344 g/mol. The van der Waals surface area contributed by atoms with E-state index in [2.05, 4.69) is 21.2 Å². The maximum absolute atomic E-state index is 11.0. The summed E-state index contributed by atoms with van der Waals surface area (Å²) in [5, 5.41) is 14.7. The van der Waals surface area contributed by atoms with E-state index >= 15 is 0 Å². The molecule has 2 aromatic rings. The molecule has 0 saturated heterocycles. The summed E-state index contributed by atoms with van der Waals surface area (Å²) >= 11 is 9.48. The van der Waals surface area contributed by atoms with Crippen molar-refractivity contribution in [2.24, 2.45) is 0 Å². The molecule has 2 rings (SSSR count). The Bertz CT molecular complexity index is 662. The molecule has 20 heavy (non-hydrogen) atoms. The van der Waals surface area contributed by atoms with Crippen LogP contribution in [0.5, 0.6) is 0 Å². The molecule has 0 atom stereocenters. The van der Waals surface area contributed by atoms with E-state index in [1.807, 2.05) is 19.1 Å². The Labute approximate surface area is 130 Å². The summed E-state index contributed by atoms with van der Waals surface area (Å²) in [6.45, 7) is 2.31. The molecule has 0 heterocycles. The van der Waals surface area contributed by atoms with Crippen molar-refractivity contribution in [3.05, 3.63) is 67.1 Å². The summed E-state index contributed by atoms with van der Waals surface area (Å²) in [6.07, 6.45) is 0. The lowest BCUT2D eigenvalue weighted by molar-refractivity contribution is -0.384. The van der Waals surface area contributed by atoms with E-state index in [1.165, 1.54) is 6.07 Å². The fourth-order valence-electron chi connectivity index (χ4n) is 1.82. The number of hydrogen-bond donors (Lipinski definition) is 1. The summed E-state index contributed by atoms with van der Waals surface area (Å²) < 4.78 is 0.914. The van der Waals surface area contributed by atoms with Crippen LogP contribution in [0.4, 0.5) is 11.4 Å². The number of nitrogens with one attached hydrogen (secondary N) is 1. The van der Waals surface area contributed by atoms with Gasteiger partial charge in [0.15, 0.2) is 0 Å². The van der Waals surface area contributed by atoms with Crippen molar-refractivity contribution in [1.82, 2.24) is 0 Å². The molecule has 0 radical (unpaired) electrons. The predicted molar refractivity (Wildman–Crippen MR) is 84.3 cm³/mol. The number of nitro groups is 1. The van der Waals surface area contributed by atoms with Crippen LogP contribution >= 0.6 is 27.5 Å². The lowest BCUT2D eigenvalue weighted by Crippen LogP contribution is -2.03. The Morgan fingerprint density at radius 1 is 1.30 bits per heavy atom. The normalized spacial score (nSPS) is 10.3. The lowest BCUT2D eigenvalue weighted by atomic mass is 10.1. The third-order valence-electron chi connectivity index (χ3n) is 2.83. The molecule has 0 aliphatic rings. The Balaban J connectivity index is 2.24. The molecule has 104 valence electrons. The van der Waals surface area contributed by atoms with Crippen molar-refractivity contribution in [1.29, 1.82) is 0 Å². The van der Waals surface area contributed by atoms with Gasteiger partial charge in [0.1, 0.15) is 5.69 Å². The van der Waals surface area contributed by atoms with Crippen LogP contribution in [0.15, 0.2) is 40.9 Å². The van der Waals surface area contributed by atoms with Gasteiger partial charge in [-0.1, -0.05) is 33.6 Å². The van der Waals surface area contributed by atoms with E-state index in [0.29, 0.717) is 17.3 Å². The maximum atomic E-state index is 11.0. The van der Waals surface area contributed by atoms with Crippen LogP contribution in [0.1, 0.15) is 11.1 Å². The van der Waals surface area contributed by atoms with Gasteiger partial charge in [-0.3, -0.25) is 10.1 Å². The van der Waals surface area contributed by atoms with E-state index in [9.17, 15) is 10.1 Å². The molecule has 1 N–H and O–H groups in total. The SMILES string of the molecule is Cc1ccc([N+](=O)[O-])c(NCc2cc(Br)ccc2Cl)c1. The largest absolute Gasteiger partial charge is 0.375 e. The first-order valence-corrected chi connectivity index (χ1v) is 7.07. The van der Waals surface area contributed by atoms with Crippen LogP contribution in [0.3, 0.4) is 0 Å². The van der Waals surface area contributed by atoms with Gasteiger partial charge in [0.25, 0.3) is 5.69 Å². The van der Waals surface area contributed by atoms with Crippen molar-refractivity contribution in [2.75, 3.05) is 5.32 Å². The zero-order chi connectivity index (χ0) is 14.7. The zero-order valence-corrected chi connectivity index (χ0v) is 13.0. The van der Waals surface area contributed by atoms with Gasteiger partial charge >= 0.3 is 0 Å². The van der Waals surface area contributed by atoms with E-state index in [0.717, 1.165) is 15.6 Å². The average molecular weight is 356 g/mol. The molecule has 0 unspecified atom stereocenters. The number of nitrogens with zero attached hydrogens (tertiary/aromatic N) is 1. The molecule has 0 amide bonds. The van der Waals surface area contributed by atoms with Gasteiger partial charge in [-0.2, -0.15) is 0 Å². The van der Waals surface area contributed by atoms with Gasteiger partial charge in [0.05, 0.1) is 4.92 Å². The average Bonchev–Trinajstić information content (AvgIpc) is 2.39. The first-order chi connectivity index (χ1) is 9.47. The number of rotatable bonds is 4. The molecular formula is C14H12BrClN2O2. The predicted octanol–water partition coefficient (Wildman–Crippen LogP) is 4.93. The fourth-order valence-corrected chi connectivity index (χ4v) is 2.41. The van der Waals surface area contributed by atoms with E-state index < -0.39 is 4.92 Å². The van der Waals surface area contributed by atoms with E-state index in [1.54, 1.807) is 18.2 Å². The van der Waals surface area contributed by atoms with Crippen LogP contribution < -0.4 is 5.32 Å². The Hall–Kier alpha value is -1.59. The molecule has 0 bridgehead atoms. The summed E-state index contributed by atoms with van der Waals surface area (Å²) in [5.74, 6) is 0. The second-order valence-corrected chi connectivity index (χ2v) is 5.69.